The second-order valence-electron chi connectivity index (χ2n) is 6.83. The molecule has 0 radical (unpaired) electrons. The Labute approximate surface area is 154 Å². The second kappa shape index (κ2) is 5.77. The molecule has 2 atom stereocenters. The molecule has 0 aliphatic heterocycles. The molecule has 2 aromatic carbocycles. The lowest BCUT2D eigenvalue weighted by Gasteiger charge is -2.22. The van der Waals surface area contributed by atoms with Crippen molar-refractivity contribution in [2.24, 2.45) is 0 Å². The summed E-state index contributed by atoms with van der Waals surface area (Å²) in [5.74, 6) is 0.00592. The van der Waals surface area contributed by atoms with Crippen LogP contribution in [0, 0.1) is 5.82 Å². The molecule has 6 nitrogen and oxygen atoms in total. The molecule has 7 heteroatoms. The number of benzene rings is 2. The first-order valence-corrected chi connectivity index (χ1v) is 8.70. The third-order valence-electron chi connectivity index (χ3n) is 5.29. The van der Waals surface area contributed by atoms with Crippen molar-refractivity contribution in [2.45, 2.75) is 18.4 Å². The minimum Gasteiger partial charge on any atom is -0.396 e. The molecule has 2 unspecified atom stereocenters. The average Bonchev–Trinajstić information content (AvgIpc) is 3.26. The zero-order valence-electron chi connectivity index (χ0n) is 14.4. The molecule has 2 heterocycles. The van der Waals surface area contributed by atoms with Gasteiger partial charge in [-0.25, -0.2) is 14.4 Å². The Hall–Kier alpha value is -3.48. The molecular formula is C20H17FN6. The SMILES string of the molecule is Nc1cc(C2c3ccccc3CC2n2cc3c(N)ncnc3n2)ccc1F. The number of aromatic nitrogens is 4. The molecule has 0 fully saturated rings. The Kier molecular flexibility index (Phi) is 3.36. The van der Waals surface area contributed by atoms with E-state index < -0.39 is 5.82 Å². The standard InChI is InChI=1S/C20H17FN6/c21-15-6-5-12(7-16(15)22)18-13-4-2-1-3-11(13)8-17(18)27-9-14-19(23)24-10-25-20(14)26-27/h1-7,9-10,17-18H,8,22H2,(H2,23,24,25,26). The number of nitrogens with zero attached hydrogens (tertiary/aromatic N) is 4. The molecule has 0 amide bonds. The van der Waals surface area contributed by atoms with E-state index in [1.807, 2.05) is 23.0 Å². The summed E-state index contributed by atoms with van der Waals surface area (Å²) in [5, 5.41) is 5.36. The van der Waals surface area contributed by atoms with Crippen molar-refractivity contribution in [2.75, 3.05) is 11.5 Å². The number of rotatable bonds is 2. The lowest BCUT2D eigenvalue weighted by molar-refractivity contribution is 0.439. The normalized spacial score (nSPS) is 18.7. The fourth-order valence-corrected chi connectivity index (χ4v) is 4.02. The molecule has 0 saturated heterocycles. The maximum Gasteiger partial charge on any atom is 0.186 e. The first-order valence-electron chi connectivity index (χ1n) is 8.70. The Bertz CT molecular complexity index is 1170. The summed E-state index contributed by atoms with van der Waals surface area (Å²) in [7, 11) is 0. The fraction of sp³-hybridized carbons (Fsp3) is 0.150. The van der Waals surface area contributed by atoms with Crippen molar-refractivity contribution >= 4 is 22.5 Å². The van der Waals surface area contributed by atoms with E-state index in [0.717, 1.165) is 17.4 Å². The molecule has 1 aliphatic carbocycles. The molecule has 0 saturated carbocycles. The summed E-state index contributed by atoms with van der Waals surface area (Å²) in [6.07, 6.45) is 4.11. The van der Waals surface area contributed by atoms with E-state index in [1.54, 1.807) is 12.1 Å². The minimum atomic E-state index is -0.408. The van der Waals surface area contributed by atoms with E-state index in [0.29, 0.717) is 11.5 Å². The van der Waals surface area contributed by atoms with Crippen molar-refractivity contribution < 1.29 is 4.39 Å². The predicted molar refractivity (Wildman–Crippen MR) is 102 cm³/mol. The Morgan fingerprint density at radius 3 is 2.74 bits per heavy atom. The van der Waals surface area contributed by atoms with Crippen LogP contribution in [0.1, 0.15) is 28.7 Å². The number of anilines is 2. The lowest BCUT2D eigenvalue weighted by atomic mass is 9.90. The van der Waals surface area contributed by atoms with Gasteiger partial charge in [-0.15, -0.1) is 0 Å². The van der Waals surface area contributed by atoms with Gasteiger partial charge in [-0.05, 0) is 35.2 Å². The van der Waals surface area contributed by atoms with Crippen LogP contribution in [0.15, 0.2) is 55.0 Å². The van der Waals surface area contributed by atoms with Crippen molar-refractivity contribution in [3.05, 3.63) is 77.5 Å². The van der Waals surface area contributed by atoms with Crippen molar-refractivity contribution in [3.8, 4) is 0 Å². The number of fused-ring (bicyclic) bond motifs is 2. The zero-order valence-corrected chi connectivity index (χ0v) is 14.4. The van der Waals surface area contributed by atoms with Gasteiger partial charge in [-0.1, -0.05) is 30.3 Å². The van der Waals surface area contributed by atoms with Gasteiger partial charge in [0.1, 0.15) is 18.0 Å². The number of halogens is 1. The number of hydrogen-bond acceptors (Lipinski definition) is 5. The van der Waals surface area contributed by atoms with Crippen molar-refractivity contribution in [1.29, 1.82) is 0 Å². The highest BCUT2D eigenvalue weighted by atomic mass is 19.1. The van der Waals surface area contributed by atoms with Crippen LogP contribution in [0.4, 0.5) is 15.9 Å². The van der Waals surface area contributed by atoms with Gasteiger partial charge in [0.2, 0.25) is 0 Å². The molecule has 0 spiro atoms. The average molecular weight is 360 g/mol. The zero-order chi connectivity index (χ0) is 18.5. The van der Waals surface area contributed by atoms with Gasteiger partial charge in [0, 0.05) is 12.1 Å². The molecule has 134 valence electrons. The van der Waals surface area contributed by atoms with Crippen molar-refractivity contribution in [1.82, 2.24) is 19.7 Å². The highest BCUT2D eigenvalue weighted by Crippen LogP contribution is 2.45. The van der Waals surface area contributed by atoms with Crippen LogP contribution in [-0.4, -0.2) is 19.7 Å². The van der Waals surface area contributed by atoms with Gasteiger partial charge in [0.25, 0.3) is 0 Å². The van der Waals surface area contributed by atoms with E-state index in [-0.39, 0.29) is 17.6 Å². The summed E-state index contributed by atoms with van der Waals surface area (Å²) in [6, 6.07) is 13.2. The highest BCUT2D eigenvalue weighted by Gasteiger charge is 2.35. The third-order valence-corrected chi connectivity index (χ3v) is 5.29. The van der Waals surface area contributed by atoms with Crippen LogP contribution in [0.2, 0.25) is 0 Å². The van der Waals surface area contributed by atoms with E-state index >= 15 is 0 Å². The predicted octanol–water partition coefficient (Wildman–Crippen LogP) is 3.06. The Morgan fingerprint density at radius 1 is 1.07 bits per heavy atom. The van der Waals surface area contributed by atoms with Crippen LogP contribution in [0.3, 0.4) is 0 Å². The summed E-state index contributed by atoms with van der Waals surface area (Å²) < 4.78 is 15.6. The van der Waals surface area contributed by atoms with E-state index in [9.17, 15) is 4.39 Å². The largest absolute Gasteiger partial charge is 0.396 e. The van der Waals surface area contributed by atoms with E-state index in [2.05, 4.69) is 27.2 Å². The maximum atomic E-state index is 13.7. The van der Waals surface area contributed by atoms with E-state index in [4.69, 9.17) is 11.5 Å². The van der Waals surface area contributed by atoms with Gasteiger partial charge in [-0.2, -0.15) is 5.10 Å². The summed E-state index contributed by atoms with van der Waals surface area (Å²) in [6.45, 7) is 0. The smallest absolute Gasteiger partial charge is 0.186 e. The van der Waals surface area contributed by atoms with Gasteiger partial charge >= 0.3 is 0 Å². The third kappa shape index (κ3) is 2.43. The highest BCUT2D eigenvalue weighted by molar-refractivity contribution is 5.84. The van der Waals surface area contributed by atoms with E-state index in [1.165, 1.54) is 23.5 Å². The molecular weight excluding hydrogens is 343 g/mol. The molecule has 5 rings (SSSR count). The number of nitrogens with two attached hydrogens (primary N) is 2. The minimum absolute atomic E-state index is 0.00703. The summed E-state index contributed by atoms with van der Waals surface area (Å²) in [4.78, 5) is 8.25. The van der Waals surface area contributed by atoms with Gasteiger partial charge in [0.05, 0.1) is 17.1 Å². The maximum absolute atomic E-state index is 13.7. The lowest BCUT2D eigenvalue weighted by Crippen LogP contribution is -2.16. The van der Waals surface area contributed by atoms with Crippen LogP contribution in [0.25, 0.3) is 11.0 Å². The van der Waals surface area contributed by atoms with Crippen molar-refractivity contribution in [3.63, 3.8) is 0 Å². The summed E-state index contributed by atoms with van der Waals surface area (Å²) >= 11 is 0. The van der Waals surface area contributed by atoms with Crippen LogP contribution >= 0.6 is 0 Å². The Balaban J connectivity index is 1.68. The quantitative estimate of drug-likeness (QED) is 0.536. The number of hydrogen-bond donors (Lipinski definition) is 2. The molecule has 2 aromatic heterocycles. The Morgan fingerprint density at radius 2 is 1.93 bits per heavy atom. The summed E-state index contributed by atoms with van der Waals surface area (Å²) in [5.41, 5.74) is 15.9. The van der Waals surface area contributed by atoms with Crippen LogP contribution < -0.4 is 11.5 Å². The molecule has 4 N–H and O–H groups in total. The van der Waals surface area contributed by atoms with Crippen LogP contribution in [0.5, 0.6) is 0 Å². The van der Waals surface area contributed by atoms with Gasteiger partial charge in [0.15, 0.2) is 5.65 Å². The molecule has 0 bridgehead atoms. The number of nitrogen functional groups attached to an aromatic ring is 2. The van der Waals surface area contributed by atoms with Gasteiger partial charge < -0.3 is 11.5 Å². The molecule has 4 aromatic rings. The molecule has 27 heavy (non-hydrogen) atoms. The fourth-order valence-electron chi connectivity index (χ4n) is 4.02. The first kappa shape index (κ1) is 15.7. The topological polar surface area (TPSA) is 95.6 Å². The molecule has 1 aliphatic rings. The second-order valence-corrected chi connectivity index (χ2v) is 6.83. The van der Waals surface area contributed by atoms with Crippen LogP contribution in [-0.2, 0) is 6.42 Å². The monoisotopic (exact) mass is 360 g/mol. The van der Waals surface area contributed by atoms with Gasteiger partial charge in [-0.3, -0.25) is 4.68 Å². The first-order chi connectivity index (χ1) is 13.1.